The Labute approximate surface area is 189 Å². The van der Waals surface area contributed by atoms with E-state index in [1.807, 2.05) is 55.3 Å². The van der Waals surface area contributed by atoms with Crippen LogP contribution >= 0.6 is 0 Å². The lowest BCUT2D eigenvalue weighted by molar-refractivity contribution is -0.132. The number of carbonyl (C=O) groups excluding carboxylic acids is 1. The molecule has 5 heteroatoms. The largest absolute Gasteiger partial charge is 0.342 e. The third-order valence-electron chi connectivity index (χ3n) is 5.91. The molecular weight excluding hydrogens is 396 g/mol. The van der Waals surface area contributed by atoms with E-state index in [4.69, 9.17) is 0 Å². The van der Waals surface area contributed by atoms with Crippen LogP contribution in [0.25, 0.3) is 11.0 Å². The molecule has 1 unspecified atom stereocenters. The first kappa shape index (κ1) is 21.8. The maximum absolute atomic E-state index is 13.2. The van der Waals surface area contributed by atoms with E-state index in [1.165, 1.54) is 5.56 Å². The molecule has 1 amide bonds. The number of likely N-dealkylation sites (N-methyl/N-ethyl adjacent to an activating group) is 1. The number of imidazole rings is 1. The van der Waals surface area contributed by atoms with Crippen LogP contribution in [0.15, 0.2) is 78.9 Å². The van der Waals surface area contributed by atoms with Crippen LogP contribution in [0.1, 0.15) is 35.5 Å². The Morgan fingerprint density at radius 3 is 2.22 bits per heavy atom. The maximum atomic E-state index is 13.2. The van der Waals surface area contributed by atoms with Crippen LogP contribution in [-0.2, 0) is 17.9 Å². The number of carbonyl (C=O) groups is 1. The average molecular weight is 427 g/mol. The third kappa shape index (κ3) is 5.24. The lowest BCUT2D eigenvalue weighted by atomic mass is 10.0. The van der Waals surface area contributed by atoms with E-state index >= 15 is 0 Å². The number of hydrogen-bond donors (Lipinski definition) is 1. The van der Waals surface area contributed by atoms with Crippen molar-refractivity contribution in [3.8, 4) is 0 Å². The summed E-state index contributed by atoms with van der Waals surface area (Å²) >= 11 is 0. The van der Waals surface area contributed by atoms with Crippen molar-refractivity contribution < 1.29 is 4.79 Å². The summed E-state index contributed by atoms with van der Waals surface area (Å²) in [7, 11) is 1.88. The Bertz CT molecular complexity index is 1170. The fraction of sp³-hybridized carbons (Fsp3) is 0.259. The minimum Gasteiger partial charge on any atom is -0.342 e. The number of aryl methyl sites for hydroxylation is 1. The highest BCUT2D eigenvalue weighted by molar-refractivity contribution is 5.78. The molecule has 1 N–H and O–H groups in total. The van der Waals surface area contributed by atoms with Crippen LogP contribution in [0.2, 0.25) is 0 Å². The lowest BCUT2D eigenvalue weighted by Gasteiger charge is -2.31. The van der Waals surface area contributed by atoms with Crippen molar-refractivity contribution in [3.05, 3.63) is 101 Å². The number of amides is 1. The van der Waals surface area contributed by atoms with Crippen molar-refractivity contribution in [1.82, 2.24) is 19.8 Å². The molecule has 164 valence electrons. The fourth-order valence-electron chi connectivity index (χ4n) is 4.01. The Morgan fingerprint density at radius 1 is 0.938 bits per heavy atom. The molecule has 0 fully saturated rings. The summed E-state index contributed by atoms with van der Waals surface area (Å²) < 4.78 is 0. The molecule has 1 aromatic heterocycles. The van der Waals surface area contributed by atoms with Gasteiger partial charge in [0.05, 0.1) is 17.6 Å². The molecule has 32 heavy (non-hydrogen) atoms. The first-order valence-electron chi connectivity index (χ1n) is 11.0. The molecule has 1 heterocycles. The van der Waals surface area contributed by atoms with Crippen LogP contribution in [0.4, 0.5) is 0 Å². The number of fused-ring (bicyclic) bond motifs is 1. The van der Waals surface area contributed by atoms with E-state index in [1.54, 1.807) is 0 Å². The predicted molar refractivity (Wildman–Crippen MR) is 129 cm³/mol. The van der Waals surface area contributed by atoms with Gasteiger partial charge in [-0.2, -0.15) is 0 Å². The molecular formula is C27H30N4O. The van der Waals surface area contributed by atoms with Gasteiger partial charge in [0.15, 0.2) is 0 Å². The van der Waals surface area contributed by atoms with Gasteiger partial charge in [0.1, 0.15) is 5.82 Å². The molecule has 3 aromatic carbocycles. The van der Waals surface area contributed by atoms with E-state index in [-0.39, 0.29) is 11.9 Å². The van der Waals surface area contributed by atoms with Gasteiger partial charge in [0, 0.05) is 26.2 Å². The van der Waals surface area contributed by atoms with Crippen LogP contribution in [0.3, 0.4) is 0 Å². The topological polar surface area (TPSA) is 52.2 Å². The minimum absolute atomic E-state index is 0.0669. The van der Waals surface area contributed by atoms with E-state index in [2.05, 4.69) is 64.3 Å². The Kier molecular flexibility index (Phi) is 6.66. The zero-order valence-electron chi connectivity index (χ0n) is 19.0. The Morgan fingerprint density at radius 2 is 1.56 bits per heavy atom. The van der Waals surface area contributed by atoms with Crippen LogP contribution in [-0.4, -0.2) is 39.3 Å². The quantitative estimate of drug-likeness (QED) is 0.427. The van der Waals surface area contributed by atoms with E-state index in [0.717, 1.165) is 28.0 Å². The van der Waals surface area contributed by atoms with Gasteiger partial charge in [0.2, 0.25) is 5.91 Å². The second kappa shape index (κ2) is 9.79. The number of nitrogens with one attached hydrogen (secondary N) is 1. The number of benzene rings is 3. The monoisotopic (exact) mass is 426 g/mol. The normalized spacial score (nSPS) is 12.2. The predicted octanol–water partition coefficient (Wildman–Crippen LogP) is 5.09. The smallest absolute Gasteiger partial charge is 0.236 e. The highest BCUT2D eigenvalue weighted by Gasteiger charge is 2.22. The first-order chi connectivity index (χ1) is 15.5. The summed E-state index contributed by atoms with van der Waals surface area (Å²) in [5.41, 5.74) is 5.48. The number of H-pyrrole nitrogens is 1. The standard InChI is InChI=1S/C27H30N4O/c1-20(24-14-15-25-26(16-24)29-21(2)28-25)31(18-23-12-8-5-9-13-23)19-27(32)30(3)17-22-10-6-4-7-11-22/h4-16,20H,17-19H2,1-3H3,(H,28,29). The number of nitrogens with zero attached hydrogens (tertiary/aromatic N) is 3. The number of aromatic amines is 1. The van der Waals surface area contributed by atoms with Crippen LogP contribution in [0, 0.1) is 6.92 Å². The van der Waals surface area contributed by atoms with Gasteiger partial charge in [-0.1, -0.05) is 66.7 Å². The van der Waals surface area contributed by atoms with Crippen molar-refractivity contribution in [2.24, 2.45) is 0 Å². The molecule has 0 saturated carbocycles. The second-order valence-corrected chi connectivity index (χ2v) is 8.40. The Hall–Kier alpha value is -3.44. The average Bonchev–Trinajstić information content (AvgIpc) is 3.18. The van der Waals surface area contributed by atoms with Gasteiger partial charge in [-0.25, -0.2) is 4.98 Å². The zero-order chi connectivity index (χ0) is 22.5. The number of hydrogen-bond acceptors (Lipinski definition) is 3. The molecule has 0 radical (unpaired) electrons. The van der Waals surface area contributed by atoms with Crippen molar-refractivity contribution in [1.29, 1.82) is 0 Å². The van der Waals surface area contributed by atoms with Crippen molar-refractivity contribution >= 4 is 16.9 Å². The summed E-state index contributed by atoms with van der Waals surface area (Å²) in [4.78, 5) is 25.0. The number of aromatic nitrogens is 2. The van der Waals surface area contributed by atoms with Crippen LogP contribution in [0.5, 0.6) is 0 Å². The zero-order valence-corrected chi connectivity index (χ0v) is 19.0. The molecule has 0 aliphatic rings. The third-order valence-corrected chi connectivity index (χ3v) is 5.91. The number of rotatable bonds is 8. The van der Waals surface area contributed by atoms with E-state index < -0.39 is 0 Å². The maximum Gasteiger partial charge on any atom is 0.236 e. The SMILES string of the molecule is Cc1nc2ccc(C(C)N(CC(=O)N(C)Cc3ccccc3)Cc3ccccc3)cc2[nH]1. The molecule has 5 nitrogen and oxygen atoms in total. The molecule has 0 aliphatic heterocycles. The minimum atomic E-state index is 0.0669. The Balaban J connectivity index is 1.55. The van der Waals surface area contributed by atoms with Gasteiger partial charge >= 0.3 is 0 Å². The first-order valence-corrected chi connectivity index (χ1v) is 11.0. The van der Waals surface area contributed by atoms with Crippen molar-refractivity contribution in [3.63, 3.8) is 0 Å². The second-order valence-electron chi connectivity index (χ2n) is 8.40. The van der Waals surface area contributed by atoms with Crippen molar-refractivity contribution in [2.75, 3.05) is 13.6 Å². The highest BCUT2D eigenvalue weighted by Crippen LogP contribution is 2.25. The van der Waals surface area contributed by atoms with Gasteiger partial charge < -0.3 is 9.88 Å². The summed E-state index contributed by atoms with van der Waals surface area (Å²) in [5, 5.41) is 0. The van der Waals surface area contributed by atoms with Gasteiger partial charge in [-0.3, -0.25) is 9.69 Å². The highest BCUT2D eigenvalue weighted by atomic mass is 16.2. The summed E-state index contributed by atoms with van der Waals surface area (Å²) in [5.74, 6) is 1.01. The molecule has 0 bridgehead atoms. The van der Waals surface area contributed by atoms with Crippen LogP contribution < -0.4 is 0 Å². The molecule has 4 aromatic rings. The summed E-state index contributed by atoms with van der Waals surface area (Å²) in [6.07, 6.45) is 0. The van der Waals surface area contributed by atoms with Crippen molar-refractivity contribution in [2.45, 2.75) is 33.0 Å². The fourth-order valence-corrected chi connectivity index (χ4v) is 4.01. The summed E-state index contributed by atoms with van der Waals surface area (Å²) in [6.45, 7) is 5.78. The van der Waals surface area contributed by atoms with Gasteiger partial charge in [-0.05, 0) is 42.7 Å². The molecule has 0 spiro atoms. The molecule has 0 aliphatic carbocycles. The van der Waals surface area contributed by atoms with Gasteiger partial charge in [-0.15, -0.1) is 0 Å². The van der Waals surface area contributed by atoms with E-state index in [0.29, 0.717) is 19.6 Å². The van der Waals surface area contributed by atoms with Gasteiger partial charge in [0.25, 0.3) is 0 Å². The van der Waals surface area contributed by atoms with E-state index in [9.17, 15) is 4.79 Å². The molecule has 1 atom stereocenters. The lowest BCUT2D eigenvalue weighted by Crippen LogP contribution is -2.39. The molecule has 0 saturated heterocycles. The molecule has 4 rings (SSSR count). The summed E-state index contributed by atoms with van der Waals surface area (Å²) in [6, 6.07) is 26.8.